The van der Waals surface area contributed by atoms with Gasteiger partial charge in [0.15, 0.2) is 0 Å². The molecule has 100 valence electrons. The van der Waals surface area contributed by atoms with Crippen LogP contribution in [0, 0.1) is 0 Å². The zero-order chi connectivity index (χ0) is 14.2. The molecule has 0 unspecified atom stereocenters. The standard InChI is InChI=1S/C13H11F3N2O/c1-18-11(7-6-10(17)12(18)19)8-2-4-9(5-3-8)13(14,15)16/h2-7H,17H2,1H3. The van der Waals surface area contributed by atoms with Crippen molar-refractivity contribution in [2.45, 2.75) is 6.18 Å². The first-order valence-electron chi connectivity index (χ1n) is 5.44. The van der Waals surface area contributed by atoms with E-state index in [0.717, 1.165) is 12.1 Å². The summed E-state index contributed by atoms with van der Waals surface area (Å²) in [6.45, 7) is 0. The Morgan fingerprint density at radius 3 is 2.16 bits per heavy atom. The topological polar surface area (TPSA) is 48.0 Å². The molecule has 0 aliphatic carbocycles. The van der Waals surface area contributed by atoms with Gasteiger partial charge in [0.25, 0.3) is 5.56 Å². The number of halogens is 3. The monoisotopic (exact) mass is 268 g/mol. The summed E-state index contributed by atoms with van der Waals surface area (Å²) < 4.78 is 38.6. The second-order valence-corrected chi connectivity index (χ2v) is 4.11. The van der Waals surface area contributed by atoms with Gasteiger partial charge in [-0.3, -0.25) is 4.79 Å². The molecule has 0 aliphatic rings. The number of nitrogen functional groups attached to an aromatic ring is 1. The summed E-state index contributed by atoms with van der Waals surface area (Å²) in [7, 11) is 1.52. The lowest BCUT2D eigenvalue weighted by atomic mass is 10.1. The Labute approximate surface area is 107 Å². The van der Waals surface area contributed by atoms with Gasteiger partial charge in [0.1, 0.15) is 0 Å². The van der Waals surface area contributed by atoms with Gasteiger partial charge < -0.3 is 10.3 Å². The molecule has 0 amide bonds. The zero-order valence-corrected chi connectivity index (χ0v) is 10.0. The minimum Gasteiger partial charge on any atom is -0.394 e. The van der Waals surface area contributed by atoms with Crippen molar-refractivity contribution in [2.75, 3.05) is 5.73 Å². The highest BCUT2D eigenvalue weighted by molar-refractivity contribution is 5.61. The number of hydrogen-bond acceptors (Lipinski definition) is 2. The fourth-order valence-electron chi connectivity index (χ4n) is 1.77. The second-order valence-electron chi connectivity index (χ2n) is 4.11. The predicted molar refractivity (Wildman–Crippen MR) is 66.5 cm³/mol. The molecule has 1 aromatic carbocycles. The number of alkyl halides is 3. The van der Waals surface area contributed by atoms with Crippen LogP contribution in [0.1, 0.15) is 5.56 Å². The smallest absolute Gasteiger partial charge is 0.394 e. The maximum absolute atomic E-state index is 12.4. The normalized spacial score (nSPS) is 11.6. The van der Waals surface area contributed by atoms with E-state index in [1.165, 1.54) is 29.8 Å². The number of nitrogens with zero attached hydrogens (tertiary/aromatic N) is 1. The highest BCUT2D eigenvalue weighted by Crippen LogP contribution is 2.30. The third kappa shape index (κ3) is 2.47. The summed E-state index contributed by atoms with van der Waals surface area (Å²) >= 11 is 0. The van der Waals surface area contributed by atoms with E-state index in [0.29, 0.717) is 11.3 Å². The summed E-state index contributed by atoms with van der Waals surface area (Å²) in [6, 6.07) is 7.66. The Bertz CT molecular complexity index is 657. The van der Waals surface area contributed by atoms with Crippen LogP contribution in [0.2, 0.25) is 0 Å². The molecule has 0 radical (unpaired) electrons. The van der Waals surface area contributed by atoms with Crippen LogP contribution in [0.3, 0.4) is 0 Å². The van der Waals surface area contributed by atoms with Crippen molar-refractivity contribution in [2.24, 2.45) is 7.05 Å². The van der Waals surface area contributed by atoms with E-state index in [-0.39, 0.29) is 11.2 Å². The molecule has 1 aromatic heterocycles. The molecule has 0 spiro atoms. The molecule has 0 bridgehead atoms. The molecule has 3 nitrogen and oxygen atoms in total. The van der Waals surface area contributed by atoms with Gasteiger partial charge in [0.2, 0.25) is 0 Å². The highest BCUT2D eigenvalue weighted by atomic mass is 19.4. The Balaban J connectivity index is 2.50. The van der Waals surface area contributed by atoms with Gasteiger partial charge in [-0.25, -0.2) is 0 Å². The summed E-state index contributed by atoms with van der Waals surface area (Å²) in [4.78, 5) is 11.6. The third-order valence-corrected chi connectivity index (χ3v) is 2.84. The SMILES string of the molecule is Cn1c(-c2ccc(C(F)(F)F)cc2)ccc(N)c1=O. The molecule has 0 saturated heterocycles. The maximum Gasteiger partial charge on any atom is 0.416 e. The number of benzene rings is 1. The van der Waals surface area contributed by atoms with Crippen molar-refractivity contribution in [3.05, 3.63) is 52.3 Å². The summed E-state index contributed by atoms with van der Waals surface area (Å²) in [5.41, 5.74) is 5.49. The number of anilines is 1. The first kappa shape index (κ1) is 13.2. The van der Waals surface area contributed by atoms with Crippen LogP contribution in [-0.2, 0) is 13.2 Å². The fraction of sp³-hybridized carbons (Fsp3) is 0.154. The van der Waals surface area contributed by atoms with Gasteiger partial charge in [0, 0.05) is 7.05 Å². The lowest BCUT2D eigenvalue weighted by Crippen LogP contribution is -2.21. The van der Waals surface area contributed by atoms with Crippen LogP contribution in [0.25, 0.3) is 11.3 Å². The summed E-state index contributed by atoms with van der Waals surface area (Å²) in [5.74, 6) is 0. The number of pyridine rings is 1. The van der Waals surface area contributed by atoms with Gasteiger partial charge in [0.05, 0.1) is 16.9 Å². The molecular weight excluding hydrogens is 257 g/mol. The number of hydrogen-bond donors (Lipinski definition) is 1. The van der Waals surface area contributed by atoms with E-state index < -0.39 is 11.7 Å². The molecule has 2 rings (SSSR count). The van der Waals surface area contributed by atoms with Crippen molar-refractivity contribution in [1.29, 1.82) is 0 Å². The minimum absolute atomic E-state index is 0.0955. The van der Waals surface area contributed by atoms with Gasteiger partial charge in [-0.1, -0.05) is 12.1 Å². The minimum atomic E-state index is -4.37. The average Bonchev–Trinajstić information content (AvgIpc) is 2.35. The quantitative estimate of drug-likeness (QED) is 0.864. The van der Waals surface area contributed by atoms with Gasteiger partial charge in [-0.2, -0.15) is 13.2 Å². The third-order valence-electron chi connectivity index (χ3n) is 2.84. The zero-order valence-electron chi connectivity index (χ0n) is 10.0. The number of rotatable bonds is 1. The lowest BCUT2D eigenvalue weighted by molar-refractivity contribution is -0.137. The van der Waals surface area contributed by atoms with Crippen LogP contribution in [0.15, 0.2) is 41.2 Å². The van der Waals surface area contributed by atoms with E-state index in [2.05, 4.69) is 0 Å². The Morgan fingerprint density at radius 1 is 1.05 bits per heavy atom. The summed E-state index contributed by atoms with van der Waals surface area (Å²) in [5, 5.41) is 0. The molecule has 0 atom stereocenters. The fourth-order valence-corrected chi connectivity index (χ4v) is 1.77. The number of nitrogens with two attached hydrogens (primary N) is 1. The van der Waals surface area contributed by atoms with E-state index in [1.807, 2.05) is 0 Å². The van der Waals surface area contributed by atoms with Crippen molar-refractivity contribution >= 4 is 5.69 Å². The van der Waals surface area contributed by atoms with Crippen molar-refractivity contribution in [1.82, 2.24) is 4.57 Å². The molecule has 19 heavy (non-hydrogen) atoms. The summed E-state index contributed by atoms with van der Waals surface area (Å²) in [6.07, 6.45) is -4.37. The first-order valence-corrected chi connectivity index (χ1v) is 5.44. The Hall–Kier alpha value is -2.24. The van der Waals surface area contributed by atoms with Gasteiger partial charge in [-0.05, 0) is 29.8 Å². The number of aromatic nitrogens is 1. The van der Waals surface area contributed by atoms with Gasteiger partial charge in [-0.15, -0.1) is 0 Å². The predicted octanol–water partition coefficient (Wildman–Crippen LogP) is 2.65. The second kappa shape index (κ2) is 4.46. The largest absolute Gasteiger partial charge is 0.416 e. The van der Waals surface area contributed by atoms with Crippen LogP contribution < -0.4 is 11.3 Å². The molecule has 0 aliphatic heterocycles. The van der Waals surface area contributed by atoms with Crippen molar-refractivity contribution < 1.29 is 13.2 Å². The van der Waals surface area contributed by atoms with Crippen molar-refractivity contribution in [3.63, 3.8) is 0 Å². The van der Waals surface area contributed by atoms with Crippen LogP contribution >= 0.6 is 0 Å². The molecule has 2 aromatic rings. The van der Waals surface area contributed by atoms with Crippen molar-refractivity contribution in [3.8, 4) is 11.3 Å². The van der Waals surface area contributed by atoms with Gasteiger partial charge >= 0.3 is 6.18 Å². The lowest BCUT2D eigenvalue weighted by Gasteiger charge is -2.11. The Morgan fingerprint density at radius 2 is 1.63 bits per heavy atom. The highest BCUT2D eigenvalue weighted by Gasteiger charge is 2.30. The Kier molecular flexibility index (Phi) is 3.09. The van der Waals surface area contributed by atoms with E-state index in [1.54, 1.807) is 6.07 Å². The van der Waals surface area contributed by atoms with Crippen LogP contribution in [-0.4, -0.2) is 4.57 Å². The molecule has 6 heteroatoms. The van der Waals surface area contributed by atoms with E-state index >= 15 is 0 Å². The average molecular weight is 268 g/mol. The van der Waals surface area contributed by atoms with Crippen LogP contribution in [0.4, 0.5) is 18.9 Å². The molecule has 0 fully saturated rings. The van der Waals surface area contributed by atoms with Crippen LogP contribution in [0.5, 0.6) is 0 Å². The maximum atomic E-state index is 12.4. The molecule has 2 N–H and O–H groups in total. The first-order chi connectivity index (χ1) is 8.80. The van der Waals surface area contributed by atoms with E-state index in [4.69, 9.17) is 5.73 Å². The molecule has 1 heterocycles. The molecule has 0 saturated carbocycles. The molecular formula is C13H11F3N2O. The van der Waals surface area contributed by atoms with E-state index in [9.17, 15) is 18.0 Å².